The van der Waals surface area contributed by atoms with E-state index in [0.29, 0.717) is 6.54 Å². The Morgan fingerprint density at radius 2 is 2.00 bits per heavy atom. The first kappa shape index (κ1) is 13.9. The quantitative estimate of drug-likeness (QED) is 0.917. The number of rotatable bonds is 4. The standard InChI is InChI=1S/C16H24N2O/c1-11-14(16(2,3)9-10-17)12-7-6-8-13(19-5)15(12)18(11)4/h6-8H,9-10,17H2,1-5H3. The minimum atomic E-state index is 0.0741. The van der Waals surface area contributed by atoms with Gasteiger partial charge in [0.05, 0.1) is 12.6 Å². The Labute approximate surface area is 115 Å². The summed E-state index contributed by atoms with van der Waals surface area (Å²) in [6.45, 7) is 7.40. The molecule has 0 atom stereocenters. The van der Waals surface area contributed by atoms with Crippen LogP contribution in [0.4, 0.5) is 0 Å². The number of hydrogen-bond acceptors (Lipinski definition) is 2. The summed E-state index contributed by atoms with van der Waals surface area (Å²) in [6, 6.07) is 6.25. The van der Waals surface area contributed by atoms with Crippen LogP contribution < -0.4 is 10.5 Å². The molecule has 19 heavy (non-hydrogen) atoms. The van der Waals surface area contributed by atoms with Crippen molar-refractivity contribution in [2.24, 2.45) is 12.8 Å². The number of aryl methyl sites for hydroxylation is 1. The number of fused-ring (bicyclic) bond motifs is 1. The number of aromatic nitrogens is 1. The highest BCUT2D eigenvalue weighted by Gasteiger charge is 2.27. The van der Waals surface area contributed by atoms with Crippen molar-refractivity contribution in [2.75, 3.05) is 13.7 Å². The Balaban J connectivity index is 2.79. The first-order valence-electron chi connectivity index (χ1n) is 6.76. The zero-order valence-electron chi connectivity index (χ0n) is 12.6. The van der Waals surface area contributed by atoms with Gasteiger partial charge in [-0.3, -0.25) is 0 Å². The van der Waals surface area contributed by atoms with Crippen LogP contribution in [0.15, 0.2) is 18.2 Å². The molecule has 0 saturated carbocycles. The number of nitrogens with zero attached hydrogens (tertiary/aromatic N) is 1. The van der Waals surface area contributed by atoms with E-state index in [9.17, 15) is 0 Å². The van der Waals surface area contributed by atoms with Crippen molar-refractivity contribution in [1.82, 2.24) is 4.57 Å². The Morgan fingerprint density at radius 1 is 1.32 bits per heavy atom. The van der Waals surface area contributed by atoms with Crippen molar-refractivity contribution in [1.29, 1.82) is 0 Å². The number of ether oxygens (including phenoxy) is 1. The van der Waals surface area contributed by atoms with Gasteiger partial charge in [-0.25, -0.2) is 0 Å². The van der Waals surface area contributed by atoms with Crippen LogP contribution >= 0.6 is 0 Å². The van der Waals surface area contributed by atoms with Crippen molar-refractivity contribution in [3.8, 4) is 5.75 Å². The average Bonchev–Trinajstić information content (AvgIpc) is 2.62. The molecule has 3 heteroatoms. The van der Waals surface area contributed by atoms with Gasteiger partial charge < -0.3 is 15.0 Å². The van der Waals surface area contributed by atoms with Crippen LogP contribution in [0.3, 0.4) is 0 Å². The normalized spacial score (nSPS) is 12.1. The van der Waals surface area contributed by atoms with Gasteiger partial charge in [0.25, 0.3) is 0 Å². The molecule has 2 N–H and O–H groups in total. The molecule has 0 radical (unpaired) electrons. The van der Waals surface area contributed by atoms with E-state index < -0.39 is 0 Å². The van der Waals surface area contributed by atoms with Crippen molar-refractivity contribution in [3.63, 3.8) is 0 Å². The largest absolute Gasteiger partial charge is 0.495 e. The monoisotopic (exact) mass is 260 g/mol. The number of hydrogen-bond donors (Lipinski definition) is 1. The molecule has 0 spiro atoms. The second kappa shape index (κ2) is 4.89. The van der Waals surface area contributed by atoms with Gasteiger partial charge in [-0.05, 0) is 36.9 Å². The third kappa shape index (κ3) is 2.12. The molecular formula is C16H24N2O. The topological polar surface area (TPSA) is 40.2 Å². The van der Waals surface area contributed by atoms with Crippen LogP contribution in [-0.2, 0) is 12.5 Å². The highest BCUT2D eigenvalue weighted by molar-refractivity contribution is 5.91. The van der Waals surface area contributed by atoms with Crippen molar-refractivity contribution >= 4 is 10.9 Å². The fraction of sp³-hybridized carbons (Fsp3) is 0.500. The maximum absolute atomic E-state index is 5.78. The van der Waals surface area contributed by atoms with Gasteiger partial charge in [-0.15, -0.1) is 0 Å². The van der Waals surface area contributed by atoms with Crippen molar-refractivity contribution in [2.45, 2.75) is 32.6 Å². The zero-order chi connectivity index (χ0) is 14.2. The van der Waals surface area contributed by atoms with Gasteiger partial charge in [-0.2, -0.15) is 0 Å². The maximum atomic E-state index is 5.78. The number of benzene rings is 1. The molecule has 1 heterocycles. The lowest BCUT2D eigenvalue weighted by molar-refractivity contribution is 0.418. The summed E-state index contributed by atoms with van der Waals surface area (Å²) in [5.41, 5.74) is 9.69. The fourth-order valence-electron chi connectivity index (χ4n) is 3.11. The van der Waals surface area contributed by atoms with Gasteiger partial charge in [-0.1, -0.05) is 26.0 Å². The predicted molar refractivity (Wildman–Crippen MR) is 80.9 cm³/mol. The van der Waals surface area contributed by atoms with Crippen LogP contribution in [0.5, 0.6) is 5.75 Å². The minimum absolute atomic E-state index is 0.0741. The molecule has 1 aromatic carbocycles. The molecule has 104 valence electrons. The lowest BCUT2D eigenvalue weighted by Gasteiger charge is -2.25. The van der Waals surface area contributed by atoms with Crippen LogP contribution in [0.1, 0.15) is 31.5 Å². The summed E-state index contributed by atoms with van der Waals surface area (Å²) < 4.78 is 7.73. The molecule has 0 aliphatic rings. The SMILES string of the molecule is COc1cccc2c(C(C)(C)CCN)c(C)n(C)c12. The highest BCUT2D eigenvalue weighted by Crippen LogP contribution is 2.39. The Hall–Kier alpha value is -1.48. The molecule has 0 aliphatic carbocycles. The van der Waals surface area contributed by atoms with Crippen LogP contribution in [0.2, 0.25) is 0 Å². The Morgan fingerprint density at radius 3 is 2.58 bits per heavy atom. The van der Waals surface area contributed by atoms with E-state index in [0.717, 1.165) is 12.2 Å². The summed E-state index contributed by atoms with van der Waals surface area (Å²) in [4.78, 5) is 0. The maximum Gasteiger partial charge on any atom is 0.143 e. The van der Waals surface area contributed by atoms with Gasteiger partial charge in [0.15, 0.2) is 0 Å². The van der Waals surface area contributed by atoms with Crippen molar-refractivity contribution in [3.05, 3.63) is 29.5 Å². The van der Waals surface area contributed by atoms with E-state index in [-0.39, 0.29) is 5.41 Å². The first-order chi connectivity index (χ1) is 8.94. The molecular weight excluding hydrogens is 236 g/mol. The summed E-state index contributed by atoms with van der Waals surface area (Å²) in [6.07, 6.45) is 0.976. The summed E-state index contributed by atoms with van der Waals surface area (Å²) >= 11 is 0. The molecule has 2 aromatic rings. The summed E-state index contributed by atoms with van der Waals surface area (Å²) in [5, 5.41) is 1.28. The molecule has 2 rings (SSSR count). The van der Waals surface area contributed by atoms with Crippen LogP contribution in [0, 0.1) is 6.92 Å². The molecule has 0 bridgehead atoms. The third-order valence-corrected chi connectivity index (χ3v) is 4.13. The van der Waals surface area contributed by atoms with E-state index in [1.807, 2.05) is 6.07 Å². The molecule has 0 unspecified atom stereocenters. The minimum Gasteiger partial charge on any atom is -0.495 e. The van der Waals surface area contributed by atoms with Gasteiger partial charge in [0, 0.05) is 18.1 Å². The van der Waals surface area contributed by atoms with E-state index in [4.69, 9.17) is 10.5 Å². The fourth-order valence-corrected chi connectivity index (χ4v) is 3.11. The van der Waals surface area contributed by atoms with E-state index in [1.54, 1.807) is 7.11 Å². The van der Waals surface area contributed by atoms with E-state index in [2.05, 4.69) is 44.5 Å². The van der Waals surface area contributed by atoms with Crippen LogP contribution in [-0.4, -0.2) is 18.2 Å². The number of methoxy groups -OCH3 is 1. The van der Waals surface area contributed by atoms with Crippen molar-refractivity contribution < 1.29 is 4.74 Å². The number of para-hydroxylation sites is 1. The summed E-state index contributed by atoms with van der Waals surface area (Å²) in [7, 11) is 3.82. The first-order valence-corrected chi connectivity index (χ1v) is 6.76. The lowest BCUT2D eigenvalue weighted by atomic mass is 9.80. The molecule has 0 amide bonds. The smallest absolute Gasteiger partial charge is 0.143 e. The van der Waals surface area contributed by atoms with Crippen LogP contribution in [0.25, 0.3) is 10.9 Å². The molecule has 3 nitrogen and oxygen atoms in total. The predicted octanol–water partition coefficient (Wildman–Crippen LogP) is 3.12. The zero-order valence-corrected chi connectivity index (χ0v) is 12.6. The average molecular weight is 260 g/mol. The van der Waals surface area contributed by atoms with Gasteiger partial charge >= 0.3 is 0 Å². The molecule has 1 aromatic heterocycles. The van der Waals surface area contributed by atoms with Gasteiger partial charge in [0.1, 0.15) is 5.75 Å². The lowest BCUT2D eigenvalue weighted by Crippen LogP contribution is -2.22. The molecule has 0 aliphatic heterocycles. The molecule has 0 saturated heterocycles. The van der Waals surface area contributed by atoms with E-state index in [1.165, 1.54) is 22.2 Å². The number of nitrogens with two attached hydrogens (primary N) is 1. The second-order valence-corrected chi connectivity index (χ2v) is 5.80. The molecule has 0 fully saturated rings. The van der Waals surface area contributed by atoms with E-state index >= 15 is 0 Å². The van der Waals surface area contributed by atoms with Gasteiger partial charge in [0.2, 0.25) is 0 Å². The third-order valence-electron chi connectivity index (χ3n) is 4.13. The Kier molecular flexibility index (Phi) is 3.59. The second-order valence-electron chi connectivity index (χ2n) is 5.80. The highest BCUT2D eigenvalue weighted by atomic mass is 16.5. The summed E-state index contributed by atoms with van der Waals surface area (Å²) in [5.74, 6) is 0.929. The Bertz CT molecular complexity index is 596.